The zero-order chi connectivity index (χ0) is 17.1. The molecule has 0 saturated carbocycles. The molecule has 0 spiro atoms. The largest absolute Gasteiger partial charge is 0.375 e. The molecular weight excluding hydrogens is 385 g/mol. The van der Waals surface area contributed by atoms with Crippen LogP contribution in [0.15, 0.2) is 24.3 Å². The van der Waals surface area contributed by atoms with Crippen molar-refractivity contribution < 1.29 is 9.53 Å². The number of carbonyl (C=O) groups excluding carboxylic acids is 1. The van der Waals surface area contributed by atoms with Crippen LogP contribution in [0.3, 0.4) is 0 Å². The van der Waals surface area contributed by atoms with E-state index in [-0.39, 0.29) is 36.8 Å². The van der Waals surface area contributed by atoms with E-state index in [4.69, 9.17) is 4.74 Å². The third-order valence-electron chi connectivity index (χ3n) is 5.84. The van der Waals surface area contributed by atoms with Crippen molar-refractivity contribution in [1.82, 2.24) is 15.1 Å². The number of carbonyl (C=O) groups is 1. The first kappa shape index (κ1) is 22.4. The van der Waals surface area contributed by atoms with Crippen LogP contribution in [0.25, 0.3) is 0 Å². The molecule has 2 saturated heterocycles. The Morgan fingerprint density at radius 1 is 1.07 bits per heavy atom. The zero-order valence-corrected chi connectivity index (χ0v) is 17.4. The van der Waals surface area contributed by atoms with Gasteiger partial charge in [-0.2, -0.15) is 0 Å². The second-order valence-electron chi connectivity index (χ2n) is 7.50. The van der Waals surface area contributed by atoms with E-state index in [1.165, 1.54) is 11.1 Å². The first-order valence-electron chi connectivity index (χ1n) is 9.70. The van der Waals surface area contributed by atoms with E-state index >= 15 is 0 Å². The first-order valence-corrected chi connectivity index (χ1v) is 9.70. The van der Waals surface area contributed by atoms with E-state index < -0.39 is 0 Å². The Bertz CT molecular complexity index is 586. The number of amides is 1. The topological polar surface area (TPSA) is 44.8 Å². The molecule has 4 rings (SSSR count). The number of halogens is 2. The SMILES string of the molecule is Cl.Cl.O=C(CC1CNCCO1)N1CCCN(C2Cc3ccccc3C2)CC1. The number of hydrogen-bond donors (Lipinski definition) is 1. The zero-order valence-electron chi connectivity index (χ0n) is 15.8. The summed E-state index contributed by atoms with van der Waals surface area (Å²) in [4.78, 5) is 17.3. The van der Waals surface area contributed by atoms with Crippen molar-refractivity contribution in [2.24, 2.45) is 0 Å². The van der Waals surface area contributed by atoms with Crippen molar-refractivity contribution in [2.75, 3.05) is 45.9 Å². The summed E-state index contributed by atoms with van der Waals surface area (Å²) in [5, 5.41) is 3.30. The lowest BCUT2D eigenvalue weighted by Crippen LogP contribution is -2.44. The van der Waals surface area contributed by atoms with E-state index in [1.807, 2.05) is 0 Å². The molecule has 0 aromatic heterocycles. The monoisotopic (exact) mass is 415 g/mol. The minimum Gasteiger partial charge on any atom is -0.375 e. The molecular formula is C20H31Cl2N3O2. The first-order chi connectivity index (χ1) is 12.3. The molecule has 2 aliphatic heterocycles. The quantitative estimate of drug-likeness (QED) is 0.818. The molecule has 1 N–H and O–H groups in total. The molecule has 27 heavy (non-hydrogen) atoms. The molecule has 1 unspecified atom stereocenters. The van der Waals surface area contributed by atoms with Gasteiger partial charge in [-0.05, 0) is 30.4 Å². The maximum Gasteiger partial charge on any atom is 0.225 e. The standard InChI is InChI=1S/C20H29N3O2.2ClH/c24-20(14-19-15-21-6-11-25-19)23-8-3-7-22(9-10-23)18-12-16-4-1-2-5-17(16)13-18;;/h1-2,4-5,18-19,21H,3,6-15H2;2*1H. The van der Waals surface area contributed by atoms with Crippen molar-refractivity contribution >= 4 is 30.7 Å². The fourth-order valence-electron chi connectivity index (χ4n) is 4.42. The van der Waals surface area contributed by atoms with E-state index in [0.717, 1.165) is 58.5 Å². The molecule has 1 aromatic rings. The van der Waals surface area contributed by atoms with Gasteiger partial charge in [-0.25, -0.2) is 0 Å². The van der Waals surface area contributed by atoms with Crippen molar-refractivity contribution in [3.05, 3.63) is 35.4 Å². The highest BCUT2D eigenvalue weighted by atomic mass is 35.5. The molecule has 1 aromatic carbocycles. The van der Waals surface area contributed by atoms with Gasteiger partial charge in [0.15, 0.2) is 0 Å². The van der Waals surface area contributed by atoms with Gasteiger partial charge in [0.05, 0.1) is 19.1 Å². The fraction of sp³-hybridized carbons (Fsp3) is 0.650. The molecule has 7 heteroatoms. The van der Waals surface area contributed by atoms with Gasteiger partial charge in [0.25, 0.3) is 0 Å². The molecule has 2 heterocycles. The van der Waals surface area contributed by atoms with Crippen molar-refractivity contribution in [2.45, 2.75) is 37.8 Å². The van der Waals surface area contributed by atoms with Gasteiger partial charge in [-0.15, -0.1) is 24.8 Å². The van der Waals surface area contributed by atoms with Gasteiger partial charge < -0.3 is 15.0 Å². The van der Waals surface area contributed by atoms with Crippen molar-refractivity contribution in [1.29, 1.82) is 0 Å². The van der Waals surface area contributed by atoms with Crippen LogP contribution in [-0.4, -0.2) is 73.7 Å². The van der Waals surface area contributed by atoms with Gasteiger partial charge in [-0.1, -0.05) is 24.3 Å². The normalized spacial score (nSPS) is 23.7. The Kier molecular flexibility index (Phi) is 8.83. The van der Waals surface area contributed by atoms with Gasteiger partial charge in [0.2, 0.25) is 5.91 Å². The predicted molar refractivity (Wildman–Crippen MR) is 112 cm³/mol. The highest BCUT2D eigenvalue weighted by Crippen LogP contribution is 2.26. The van der Waals surface area contributed by atoms with E-state index in [1.54, 1.807) is 0 Å². The number of morpholine rings is 1. The summed E-state index contributed by atoms with van der Waals surface area (Å²) >= 11 is 0. The van der Waals surface area contributed by atoms with Gasteiger partial charge in [0, 0.05) is 45.3 Å². The van der Waals surface area contributed by atoms with Crippen LogP contribution >= 0.6 is 24.8 Å². The second-order valence-corrected chi connectivity index (χ2v) is 7.50. The number of nitrogens with one attached hydrogen (secondary N) is 1. The molecule has 3 aliphatic rings. The van der Waals surface area contributed by atoms with Crippen LogP contribution in [0.4, 0.5) is 0 Å². The van der Waals surface area contributed by atoms with Crippen molar-refractivity contribution in [3.63, 3.8) is 0 Å². The molecule has 1 aliphatic carbocycles. The molecule has 152 valence electrons. The maximum atomic E-state index is 12.6. The Morgan fingerprint density at radius 2 is 1.81 bits per heavy atom. The Labute approximate surface area is 174 Å². The lowest BCUT2D eigenvalue weighted by atomic mass is 10.1. The Balaban J connectivity index is 0.00000131. The van der Waals surface area contributed by atoms with E-state index in [9.17, 15) is 4.79 Å². The smallest absolute Gasteiger partial charge is 0.225 e. The lowest BCUT2D eigenvalue weighted by Gasteiger charge is -2.28. The summed E-state index contributed by atoms with van der Waals surface area (Å²) in [5.41, 5.74) is 3.01. The van der Waals surface area contributed by atoms with Crippen LogP contribution in [0.1, 0.15) is 24.0 Å². The summed E-state index contributed by atoms with van der Waals surface area (Å²) in [7, 11) is 0. The number of fused-ring (bicyclic) bond motifs is 1. The van der Waals surface area contributed by atoms with E-state index in [2.05, 4.69) is 39.4 Å². The Hall–Kier alpha value is -0.850. The second kappa shape index (κ2) is 10.6. The summed E-state index contributed by atoms with van der Waals surface area (Å²) in [6.45, 7) is 6.24. The summed E-state index contributed by atoms with van der Waals surface area (Å²) < 4.78 is 5.69. The average Bonchev–Trinajstić information content (AvgIpc) is 2.91. The predicted octanol–water partition coefficient (Wildman–Crippen LogP) is 1.91. The van der Waals surface area contributed by atoms with Crippen LogP contribution < -0.4 is 5.32 Å². The molecule has 0 bridgehead atoms. The number of ether oxygens (including phenoxy) is 1. The Morgan fingerprint density at radius 3 is 2.48 bits per heavy atom. The maximum absolute atomic E-state index is 12.6. The molecule has 2 fully saturated rings. The third-order valence-corrected chi connectivity index (χ3v) is 5.84. The van der Waals surface area contributed by atoms with Gasteiger partial charge in [0.1, 0.15) is 0 Å². The molecule has 1 atom stereocenters. The summed E-state index contributed by atoms with van der Waals surface area (Å²) in [5.74, 6) is 0.255. The highest BCUT2D eigenvalue weighted by Gasteiger charge is 2.29. The summed E-state index contributed by atoms with van der Waals surface area (Å²) in [6, 6.07) is 9.43. The summed E-state index contributed by atoms with van der Waals surface area (Å²) in [6.07, 6.45) is 3.95. The fourth-order valence-corrected chi connectivity index (χ4v) is 4.42. The number of nitrogens with zero attached hydrogens (tertiary/aromatic N) is 2. The van der Waals surface area contributed by atoms with Crippen molar-refractivity contribution in [3.8, 4) is 0 Å². The van der Waals surface area contributed by atoms with Crippen LogP contribution in [0, 0.1) is 0 Å². The van der Waals surface area contributed by atoms with E-state index in [0.29, 0.717) is 19.1 Å². The third kappa shape index (κ3) is 5.58. The minimum absolute atomic E-state index is 0. The molecule has 1 amide bonds. The minimum atomic E-state index is 0. The van der Waals surface area contributed by atoms with Gasteiger partial charge in [-0.3, -0.25) is 9.69 Å². The van der Waals surface area contributed by atoms with Crippen LogP contribution in [-0.2, 0) is 22.4 Å². The number of benzene rings is 1. The molecule has 5 nitrogen and oxygen atoms in total. The van der Waals surface area contributed by atoms with Crippen LogP contribution in [0.5, 0.6) is 0 Å². The van der Waals surface area contributed by atoms with Gasteiger partial charge >= 0.3 is 0 Å². The number of hydrogen-bond acceptors (Lipinski definition) is 4. The average molecular weight is 416 g/mol. The van der Waals surface area contributed by atoms with Crippen LogP contribution in [0.2, 0.25) is 0 Å². The number of rotatable bonds is 3. The molecule has 0 radical (unpaired) electrons. The highest BCUT2D eigenvalue weighted by molar-refractivity contribution is 5.85. The lowest BCUT2D eigenvalue weighted by molar-refractivity contribution is -0.134.